The van der Waals surface area contributed by atoms with E-state index in [0.717, 1.165) is 44.3 Å². The standard InChI is InChI=1S/C16H23ClFN/c1-3-10-19-11-16(9-5-6-12(16)2)15-13(17)7-4-8-14(15)18/h4,7-8,12,19H,3,5-6,9-11H2,1-2H3. The maximum absolute atomic E-state index is 14.3. The summed E-state index contributed by atoms with van der Waals surface area (Å²) in [5, 5.41) is 4.05. The number of halogens is 2. The zero-order valence-corrected chi connectivity index (χ0v) is 12.6. The van der Waals surface area contributed by atoms with Crippen LogP contribution in [0.4, 0.5) is 4.39 Å². The normalized spacial score (nSPS) is 26.8. The Labute approximate surface area is 120 Å². The van der Waals surface area contributed by atoms with Crippen molar-refractivity contribution >= 4 is 11.6 Å². The summed E-state index contributed by atoms with van der Waals surface area (Å²) < 4.78 is 14.3. The van der Waals surface area contributed by atoms with Crippen LogP contribution in [0.3, 0.4) is 0 Å². The third-order valence-electron chi connectivity index (χ3n) is 4.53. The summed E-state index contributed by atoms with van der Waals surface area (Å²) in [7, 11) is 0. The molecule has 2 unspecified atom stereocenters. The van der Waals surface area contributed by atoms with Crippen molar-refractivity contribution in [3.8, 4) is 0 Å². The Morgan fingerprint density at radius 3 is 2.84 bits per heavy atom. The molecule has 0 heterocycles. The first-order valence-electron chi connectivity index (χ1n) is 7.27. The molecule has 3 heteroatoms. The summed E-state index contributed by atoms with van der Waals surface area (Å²) in [5.41, 5.74) is 0.586. The topological polar surface area (TPSA) is 12.0 Å². The monoisotopic (exact) mass is 283 g/mol. The van der Waals surface area contributed by atoms with Crippen LogP contribution in [-0.4, -0.2) is 13.1 Å². The van der Waals surface area contributed by atoms with Crippen molar-refractivity contribution in [1.29, 1.82) is 0 Å². The second-order valence-electron chi connectivity index (χ2n) is 5.72. The number of rotatable bonds is 5. The lowest BCUT2D eigenvalue weighted by molar-refractivity contribution is 0.307. The predicted octanol–water partition coefficient (Wildman–Crippen LogP) is 4.54. The van der Waals surface area contributed by atoms with E-state index >= 15 is 0 Å². The molecule has 2 rings (SSSR count). The van der Waals surface area contributed by atoms with E-state index in [9.17, 15) is 4.39 Å². The molecule has 0 spiro atoms. The van der Waals surface area contributed by atoms with Crippen molar-refractivity contribution < 1.29 is 4.39 Å². The Bertz CT molecular complexity index is 415. The van der Waals surface area contributed by atoms with E-state index in [2.05, 4.69) is 19.2 Å². The molecule has 0 radical (unpaired) electrons. The van der Waals surface area contributed by atoms with Gasteiger partial charge in [0.1, 0.15) is 5.82 Å². The van der Waals surface area contributed by atoms with Gasteiger partial charge in [0.2, 0.25) is 0 Å². The van der Waals surface area contributed by atoms with Gasteiger partial charge in [0.25, 0.3) is 0 Å². The minimum Gasteiger partial charge on any atom is -0.316 e. The number of benzene rings is 1. The number of nitrogens with one attached hydrogen (secondary N) is 1. The highest BCUT2D eigenvalue weighted by Gasteiger charge is 2.44. The molecule has 2 atom stereocenters. The molecule has 0 aliphatic heterocycles. The summed E-state index contributed by atoms with van der Waals surface area (Å²) >= 11 is 6.31. The lowest BCUT2D eigenvalue weighted by Gasteiger charge is -2.36. The van der Waals surface area contributed by atoms with Gasteiger partial charge in [0, 0.05) is 22.5 Å². The van der Waals surface area contributed by atoms with Crippen LogP contribution in [0.15, 0.2) is 18.2 Å². The molecule has 1 aliphatic rings. The molecule has 1 aromatic rings. The van der Waals surface area contributed by atoms with E-state index < -0.39 is 0 Å². The molecule has 1 saturated carbocycles. The van der Waals surface area contributed by atoms with Crippen molar-refractivity contribution in [3.63, 3.8) is 0 Å². The van der Waals surface area contributed by atoms with Crippen LogP contribution in [0.1, 0.15) is 45.1 Å². The minimum atomic E-state index is -0.153. The second-order valence-corrected chi connectivity index (χ2v) is 6.13. The first-order valence-corrected chi connectivity index (χ1v) is 7.65. The Morgan fingerprint density at radius 1 is 1.47 bits per heavy atom. The molecule has 0 bridgehead atoms. The molecule has 1 fully saturated rings. The zero-order valence-electron chi connectivity index (χ0n) is 11.8. The molecule has 1 N–H and O–H groups in total. The third kappa shape index (κ3) is 2.80. The molecule has 1 aromatic carbocycles. The molecule has 106 valence electrons. The average Bonchev–Trinajstić information content (AvgIpc) is 2.72. The summed E-state index contributed by atoms with van der Waals surface area (Å²) in [4.78, 5) is 0. The second kappa shape index (κ2) is 6.23. The van der Waals surface area contributed by atoms with Crippen LogP contribution in [-0.2, 0) is 5.41 Å². The first kappa shape index (κ1) is 14.8. The van der Waals surface area contributed by atoms with Gasteiger partial charge in [-0.15, -0.1) is 0 Å². The van der Waals surface area contributed by atoms with Gasteiger partial charge in [-0.2, -0.15) is 0 Å². The fraction of sp³-hybridized carbons (Fsp3) is 0.625. The van der Waals surface area contributed by atoms with Crippen molar-refractivity contribution in [2.45, 2.75) is 44.9 Å². The van der Waals surface area contributed by atoms with Crippen LogP contribution in [0.25, 0.3) is 0 Å². The Morgan fingerprint density at radius 2 is 2.26 bits per heavy atom. The lowest BCUT2D eigenvalue weighted by atomic mass is 9.72. The van der Waals surface area contributed by atoms with Gasteiger partial charge in [-0.3, -0.25) is 0 Å². The zero-order chi connectivity index (χ0) is 13.9. The number of hydrogen-bond donors (Lipinski definition) is 1. The van der Waals surface area contributed by atoms with Crippen LogP contribution in [0.5, 0.6) is 0 Å². The summed E-state index contributed by atoms with van der Waals surface area (Å²) in [6, 6.07) is 5.04. The first-order chi connectivity index (χ1) is 9.12. The van der Waals surface area contributed by atoms with Crippen LogP contribution < -0.4 is 5.32 Å². The van der Waals surface area contributed by atoms with Crippen molar-refractivity contribution in [3.05, 3.63) is 34.6 Å². The van der Waals surface area contributed by atoms with E-state index in [0.29, 0.717) is 10.9 Å². The molecule has 0 amide bonds. The molecule has 1 aliphatic carbocycles. The predicted molar refractivity (Wildman–Crippen MR) is 79.3 cm³/mol. The van der Waals surface area contributed by atoms with Crippen LogP contribution >= 0.6 is 11.6 Å². The quantitative estimate of drug-likeness (QED) is 0.783. The summed E-state index contributed by atoms with van der Waals surface area (Å²) in [5.74, 6) is 0.311. The van der Waals surface area contributed by atoms with Crippen molar-refractivity contribution in [2.24, 2.45) is 5.92 Å². The average molecular weight is 284 g/mol. The lowest BCUT2D eigenvalue weighted by Crippen LogP contribution is -2.41. The number of hydrogen-bond acceptors (Lipinski definition) is 1. The van der Waals surface area contributed by atoms with Crippen LogP contribution in [0, 0.1) is 11.7 Å². The fourth-order valence-electron chi connectivity index (χ4n) is 3.43. The Balaban J connectivity index is 2.37. The maximum atomic E-state index is 14.3. The molecule has 1 nitrogen and oxygen atoms in total. The smallest absolute Gasteiger partial charge is 0.128 e. The van der Waals surface area contributed by atoms with Crippen molar-refractivity contribution in [1.82, 2.24) is 5.32 Å². The van der Waals surface area contributed by atoms with Crippen LogP contribution in [0.2, 0.25) is 5.02 Å². The molecule has 0 saturated heterocycles. The highest BCUT2D eigenvalue weighted by molar-refractivity contribution is 6.31. The Hall–Kier alpha value is -0.600. The third-order valence-corrected chi connectivity index (χ3v) is 4.85. The minimum absolute atomic E-state index is 0.141. The van der Waals surface area contributed by atoms with E-state index in [1.165, 1.54) is 6.07 Å². The van der Waals surface area contributed by atoms with Gasteiger partial charge in [-0.1, -0.05) is 37.9 Å². The summed E-state index contributed by atoms with van der Waals surface area (Å²) in [6.45, 7) is 6.17. The van der Waals surface area contributed by atoms with E-state index in [4.69, 9.17) is 11.6 Å². The molecular formula is C16H23ClFN. The Kier molecular flexibility index (Phi) is 4.86. The highest BCUT2D eigenvalue weighted by atomic mass is 35.5. The molecule has 0 aromatic heterocycles. The maximum Gasteiger partial charge on any atom is 0.128 e. The van der Waals surface area contributed by atoms with Gasteiger partial charge in [0.05, 0.1) is 0 Å². The van der Waals surface area contributed by atoms with Gasteiger partial charge >= 0.3 is 0 Å². The SMILES string of the molecule is CCCNCC1(c2c(F)cccc2Cl)CCCC1C. The molecular weight excluding hydrogens is 261 g/mol. The van der Waals surface area contributed by atoms with E-state index in [1.54, 1.807) is 6.07 Å². The van der Waals surface area contributed by atoms with E-state index in [-0.39, 0.29) is 11.2 Å². The van der Waals surface area contributed by atoms with Crippen molar-refractivity contribution in [2.75, 3.05) is 13.1 Å². The van der Waals surface area contributed by atoms with Gasteiger partial charge in [-0.25, -0.2) is 4.39 Å². The van der Waals surface area contributed by atoms with Gasteiger partial charge in [-0.05, 0) is 43.9 Å². The van der Waals surface area contributed by atoms with E-state index in [1.807, 2.05) is 6.07 Å². The largest absolute Gasteiger partial charge is 0.316 e. The summed E-state index contributed by atoms with van der Waals surface area (Å²) in [6.07, 6.45) is 4.42. The van der Waals surface area contributed by atoms with Gasteiger partial charge in [0.15, 0.2) is 0 Å². The molecule has 19 heavy (non-hydrogen) atoms. The highest BCUT2D eigenvalue weighted by Crippen LogP contribution is 2.48. The fourth-order valence-corrected chi connectivity index (χ4v) is 3.78. The van der Waals surface area contributed by atoms with Gasteiger partial charge < -0.3 is 5.32 Å².